The third-order valence-corrected chi connectivity index (χ3v) is 6.58. The summed E-state index contributed by atoms with van der Waals surface area (Å²) in [6, 6.07) is 5.00. The summed E-state index contributed by atoms with van der Waals surface area (Å²) in [7, 11) is -2.08. The van der Waals surface area contributed by atoms with Gasteiger partial charge in [0, 0.05) is 15.8 Å². The van der Waals surface area contributed by atoms with Crippen LogP contribution in [0.15, 0.2) is 27.6 Å². The molecule has 0 aliphatic heterocycles. The Morgan fingerprint density at radius 2 is 2.15 bits per heavy atom. The van der Waals surface area contributed by atoms with Crippen LogP contribution in [0, 0.1) is 0 Å². The van der Waals surface area contributed by atoms with Crippen molar-refractivity contribution in [1.29, 1.82) is 0 Å². The molecule has 0 amide bonds. The van der Waals surface area contributed by atoms with Crippen molar-refractivity contribution < 1.29 is 13.2 Å². The third-order valence-electron chi connectivity index (χ3n) is 3.45. The molecule has 1 fully saturated rings. The van der Waals surface area contributed by atoms with E-state index in [1.54, 1.807) is 30.0 Å². The van der Waals surface area contributed by atoms with Crippen LogP contribution in [0.3, 0.4) is 0 Å². The average molecular weight is 380 g/mol. The molecule has 1 aromatic rings. The Labute approximate surface area is 132 Å². The number of rotatable bonds is 5. The number of hydrogen-bond acceptors (Lipinski definition) is 4. The van der Waals surface area contributed by atoms with Gasteiger partial charge in [-0.05, 0) is 43.7 Å². The van der Waals surface area contributed by atoms with Crippen molar-refractivity contribution in [3.05, 3.63) is 22.7 Å². The van der Waals surface area contributed by atoms with E-state index in [1.165, 1.54) is 7.11 Å². The minimum atomic E-state index is -3.55. The number of sulfonamides is 1. The third kappa shape index (κ3) is 3.69. The van der Waals surface area contributed by atoms with Crippen LogP contribution in [0.25, 0.3) is 0 Å². The summed E-state index contributed by atoms with van der Waals surface area (Å²) < 4.78 is 33.7. The first-order valence-electron chi connectivity index (χ1n) is 6.35. The number of thioether (sulfide) groups is 1. The molecule has 1 aliphatic carbocycles. The molecule has 112 valence electrons. The zero-order chi connectivity index (χ0) is 14.8. The summed E-state index contributed by atoms with van der Waals surface area (Å²) in [5, 5.41) is 0.548. The fourth-order valence-corrected chi connectivity index (χ4v) is 5.19. The van der Waals surface area contributed by atoms with E-state index in [9.17, 15) is 8.42 Å². The lowest BCUT2D eigenvalue weighted by atomic mass is 10.3. The van der Waals surface area contributed by atoms with E-state index >= 15 is 0 Å². The van der Waals surface area contributed by atoms with Gasteiger partial charge in [-0.1, -0.05) is 15.9 Å². The van der Waals surface area contributed by atoms with Gasteiger partial charge in [0.15, 0.2) is 0 Å². The molecule has 0 radical (unpaired) electrons. The lowest BCUT2D eigenvalue weighted by Gasteiger charge is -2.15. The highest BCUT2D eigenvalue weighted by atomic mass is 79.9. The quantitative estimate of drug-likeness (QED) is 0.853. The van der Waals surface area contributed by atoms with Gasteiger partial charge in [0.05, 0.1) is 7.11 Å². The number of ether oxygens (including phenoxy) is 1. The van der Waals surface area contributed by atoms with Crippen LogP contribution in [0.2, 0.25) is 0 Å². The molecule has 2 atom stereocenters. The average Bonchev–Trinajstić information content (AvgIpc) is 2.85. The lowest BCUT2D eigenvalue weighted by Crippen LogP contribution is -2.33. The van der Waals surface area contributed by atoms with Gasteiger partial charge in [-0.25, -0.2) is 13.1 Å². The fraction of sp³-hybridized carbons (Fsp3) is 0.538. The first-order valence-corrected chi connectivity index (χ1v) is 9.91. The first kappa shape index (κ1) is 16.1. The SMILES string of the molecule is COc1ccc(Br)cc1S(=O)(=O)NC1CCC(SC)C1. The molecule has 2 unspecified atom stereocenters. The summed E-state index contributed by atoms with van der Waals surface area (Å²) in [6.07, 6.45) is 4.90. The molecule has 2 rings (SSSR count). The Balaban J connectivity index is 2.20. The van der Waals surface area contributed by atoms with E-state index in [1.807, 2.05) is 0 Å². The Hall–Kier alpha value is -0.240. The van der Waals surface area contributed by atoms with Gasteiger partial charge in [0.2, 0.25) is 10.0 Å². The molecule has 0 saturated heterocycles. The van der Waals surface area contributed by atoms with E-state index in [-0.39, 0.29) is 10.9 Å². The maximum Gasteiger partial charge on any atom is 0.244 e. The first-order chi connectivity index (χ1) is 9.46. The molecule has 7 heteroatoms. The highest BCUT2D eigenvalue weighted by molar-refractivity contribution is 9.10. The molecule has 1 saturated carbocycles. The minimum Gasteiger partial charge on any atom is -0.495 e. The van der Waals surface area contributed by atoms with Crippen LogP contribution in [0.4, 0.5) is 0 Å². The Kier molecular flexibility index (Phi) is 5.39. The predicted octanol–water partition coefficient (Wildman–Crippen LogP) is 3.02. The van der Waals surface area contributed by atoms with Crippen LogP contribution < -0.4 is 9.46 Å². The summed E-state index contributed by atoms with van der Waals surface area (Å²) in [5.41, 5.74) is 0. The van der Waals surface area contributed by atoms with Crippen LogP contribution in [0.5, 0.6) is 5.75 Å². The van der Waals surface area contributed by atoms with Crippen LogP contribution in [0.1, 0.15) is 19.3 Å². The van der Waals surface area contributed by atoms with Gasteiger partial charge < -0.3 is 4.74 Å². The second kappa shape index (κ2) is 6.68. The summed E-state index contributed by atoms with van der Waals surface area (Å²) in [5.74, 6) is 0.361. The highest BCUT2D eigenvalue weighted by Crippen LogP contribution is 2.31. The summed E-state index contributed by atoms with van der Waals surface area (Å²) in [4.78, 5) is 0.182. The van der Waals surface area contributed by atoms with E-state index in [0.29, 0.717) is 15.5 Å². The summed E-state index contributed by atoms with van der Waals surface area (Å²) >= 11 is 5.10. The molecule has 0 aromatic heterocycles. The normalized spacial score (nSPS) is 22.9. The Morgan fingerprint density at radius 1 is 1.40 bits per heavy atom. The van der Waals surface area contributed by atoms with Gasteiger partial charge in [-0.15, -0.1) is 0 Å². The zero-order valence-electron chi connectivity index (χ0n) is 11.4. The number of hydrogen-bond donors (Lipinski definition) is 1. The second-order valence-corrected chi connectivity index (χ2v) is 8.52. The van der Waals surface area contributed by atoms with E-state index in [4.69, 9.17) is 4.74 Å². The number of benzene rings is 1. The van der Waals surface area contributed by atoms with Gasteiger partial charge in [0.25, 0.3) is 0 Å². The molecule has 1 aliphatic rings. The molecule has 1 N–H and O–H groups in total. The van der Waals surface area contributed by atoms with E-state index < -0.39 is 10.0 Å². The maximum absolute atomic E-state index is 12.5. The maximum atomic E-state index is 12.5. The van der Waals surface area contributed by atoms with Crippen molar-refractivity contribution >= 4 is 37.7 Å². The fourth-order valence-electron chi connectivity index (χ4n) is 2.40. The smallest absolute Gasteiger partial charge is 0.244 e. The molecule has 0 spiro atoms. The van der Waals surface area contributed by atoms with Crippen molar-refractivity contribution in [2.24, 2.45) is 0 Å². The van der Waals surface area contributed by atoms with Crippen molar-refractivity contribution in [2.45, 2.75) is 35.4 Å². The standard InChI is InChI=1S/C13H18BrNO3S2/c1-18-12-6-3-9(14)7-13(12)20(16,17)15-10-4-5-11(8-10)19-2/h3,6-7,10-11,15H,4-5,8H2,1-2H3. The lowest BCUT2D eigenvalue weighted by molar-refractivity contribution is 0.402. The van der Waals surface area contributed by atoms with Crippen molar-refractivity contribution in [3.63, 3.8) is 0 Å². The van der Waals surface area contributed by atoms with Gasteiger partial charge in [0.1, 0.15) is 10.6 Å². The largest absolute Gasteiger partial charge is 0.495 e. The second-order valence-electron chi connectivity index (χ2n) is 4.78. The van der Waals surface area contributed by atoms with Crippen LogP contribution in [-0.4, -0.2) is 33.1 Å². The van der Waals surface area contributed by atoms with Crippen LogP contribution in [-0.2, 0) is 10.0 Å². The van der Waals surface area contributed by atoms with Gasteiger partial charge >= 0.3 is 0 Å². The number of nitrogens with one attached hydrogen (secondary N) is 1. The Morgan fingerprint density at radius 3 is 2.75 bits per heavy atom. The Bertz CT molecular complexity index is 577. The molecule has 4 nitrogen and oxygen atoms in total. The van der Waals surface area contributed by atoms with Crippen molar-refractivity contribution in [1.82, 2.24) is 4.72 Å². The van der Waals surface area contributed by atoms with E-state index in [2.05, 4.69) is 26.9 Å². The molecule has 0 bridgehead atoms. The predicted molar refractivity (Wildman–Crippen MR) is 86.0 cm³/mol. The monoisotopic (exact) mass is 379 g/mol. The number of methoxy groups -OCH3 is 1. The molecule has 1 aromatic carbocycles. The van der Waals surface area contributed by atoms with Crippen molar-refractivity contribution in [3.8, 4) is 5.75 Å². The molecule has 0 heterocycles. The topological polar surface area (TPSA) is 55.4 Å². The van der Waals surface area contributed by atoms with Gasteiger partial charge in [-0.2, -0.15) is 11.8 Å². The number of halogens is 1. The molecule has 20 heavy (non-hydrogen) atoms. The molecular weight excluding hydrogens is 362 g/mol. The van der Waals surface area contributed by atoms with E-state index in [0.717, 1.165) is 19.3 Å². The van der Waals surface area contributed by atoms with Gasteiger partial charge in [-0.3, -0.25) is 0 Å². The zero-order valence-corrected chi connectivity index (χ0v) is 14.6. The van der Waals surface area contributed by atoms with Crippen molar-refractivity contribution in [2.75, 3.05) is 13.4 Å². The molecular formula is C13H18BrNO3S2. The minimum absolute atomic E-state index is 0.0149. The summed E-state index contributed by atoms with van der Waals surface area (Å²) in [6.45, 7) is 0. The van der Waals surface area contributed by atoms with Crippen LogP contribution >= 0.6 is 27.7 Å². The highest BCUT2D eigenvalue weighted by Gasteiger charge is 2.29.